The van der Waals surface area contributed by atoms with Crippen LogP contribution >= 0.6 is 11.6 Å². The SMILES string of the molecule is CN(CCOc1ccccc1)Cc1cc(=O)n2cc(Cl)ccc2n1. The highest BCUT2D eigenvalue weighted by atomic mass is 35.5. The van der Waals surface area contributed by atoms with Crippen LogP contribution in [0.5, 0.6) is 5.75 Å². The Balaban J connectivity index is 1.62. The molecule has 0 amide bonds. The lowest BCUT2D eigenvalue weighted by molar-refractivity contribution is 0.231. The van der Waals surface area contributed by atoms with Crippen LogP contribution in [0.4, 0.5) is 0 Å². The lowest BCUT2D eigenvalue weighted by Gasteiger charge is -2.16. The molecule has 2 aromatic heterocycles. The predicted molar refractivity (Wildman–Crippen MR) is 94.7 cm³/mol. The molecule has 0 aliphatic heterocycles. The molecule has 2 heterocycles. The summed E-state index contributed by atoms with van der Waals surface area (Å²) in [5, 5.41) is 0.509. The van der Waals surface area contributed by atoms with Crippen LogP contribution in [0, 0.1) is 0 Å². The summed E-state index contributed by atoms with van der Waals surface area (Å²) in [6.45, 7) is 1.88. The number of likely N-dealkylation sites (N-methyl/N-ethyl adjacent to an activating group) is 1. The standard InChI is InChI=1S/C18H18ClN3O2/c1-21(9-10-24-16-5-3-2-4-6-16)13-15-11-18(23)22-12-14(19)7-8-17(22)20-15/h2-8,11-12H,9-10,13H2,1H3. The van der Waals surface area contributed by atoms with Gasteiger partial charge < -0.3 is 4.74 Å². The van der Waals surface area contributed by atoms with E-state index in [0.29, 0.717) is 23.8 Å². The van der Waals surface area contributed by atoms with Crippen LogP contribution < -0.4 is 10.3 Å². The summed E-state index contributed by atoms with van der Waals surface area (Å²) in [5.74, 6) is 0.852. The molecule has 0 N–H and O–H groups in total. The number of nitrogens with zero attached hydrogens (tertiary/aromatic N) is 3. The van der Waals surface area contributed by atoms with Crippen LogP contribution in [-0.2, 0) is 6.54 Å². The fourth-order valence-corrected chi connectivity index (χ4v) is 2.56. The van der Waals surface area contributed by atoms with Crippen molar-refractivity contribution in [2.45, 2.75) is 6.54 Å². The second kappa shape index (κ2) is 7.47. The zero-order chi connectivity index (χ0) is 16.9. The van der Waals surface area contributed by atoms with Crippen molar-refractivity contribution in [2.75, 3.05) is 20.2 Å². The number of hydrogen-bond donors (Lipinski definition) is 0. The average Bonchev–Trinajstić information content (AvgIpc) is 2.56. The third-order valence-electron chi connectivity index (χ3n) is 3.59. The van der Waals surface area contributed by atoms with Gasteiger partial charge in [-0.15, -0.1) is 0 Å². The summed E-state index contributed by atoms with van der Waals surface area (Å²) < 4.78 is 7.13. The smallest absolute Gasteiger partial charge is 0.258 e. The summed E-state index contributed by atoms with van der Waals surface area (Å²) in [6.07, 6.45) is 1.58. The van der Waals surface area contributed by atoms with Gasteiger partial charge in [-0.25, -0.2) is 4.98 Å². The number of rotatable bonds is 6. The van der Waals surface area contributed by atoms with E-state index < -0.39 is 0 Å². The number of fused-ring (bicyclic) bond motifs is 1. The highest BCUT2D eigenvalue weighted by Gasteiger charge is 2.06. The van der Waals surface area contributed by atoms with Gasteiger partial charge >= 0.3 is 0 Å². The normalized spacial score (nSPS) is 11.1. The van der Waals surface area contributed by atoms with E-state index in [1.165, 1.54) is 10.5 Å². The minimum atomic E-state index is -0.133. The Hall–Kier alpha value is -2.37. The first-order chi connectivity index (χ1) is 11.6. The molecule has 24 heavy (non-hydrogen) atoms. The summed E-state index contributed by atoms with van der Waals surface area (Å²) in [6, 6.07) is 14.7. The number of aromatic nitrogens is 2. The number of halogens is 1. The number of pyridine rings is 1. The summed E-state index contributed by atoms with van der Waals surface area (Å²) >= 11 is 5.91. The van der Waals surface area contributed by atoms with Crippen LogP contribution in [0.3, 0.4) is 0 Å². The zero-order valence-corrected chi connectivity index (χ0v) is 14.1. The maximum absolute atomic E-state index is 12.2. The Morgan fingerprint density at radius 1 is 1.21 bits per heavy atom. The average molecular weight is 344 g/mol. The van der Waals surface area contributed by atoms with E-state index in [0.717, 1.165) is 18.0 Å². The number of benzene rings is 1. The van der Waals surface area contributed by atoms with Gasteiger partial charge in [-0.1, -0.05) is 29.8 Å². The van der Waals surface area contributed by atoms with Crippen molar-refractivity contribution in [3.8, 4) is 5.75 Å². The van der Waals surface area contributed by atoms with Crippen LogP contribution in [-0.4, -0.2) is 34.5 Å². The molecule has 0 aliphatic rings. The van der Waals surface area contributed by atoms with Crippen molar-refractivity contribution in [3.63, 3.8) is 0 Å². The topological polar surface area (TPSA) is 46.8 Å². The minimum absolute atomic E-state index is 0.133. The molecule has 3 aromatic rings. The molecule has 124 valence electrons. The number of para-hydroxylation sites is 1. The molecule has 0 unspecified atom stereocenters. The zero-order valence-electron chi connectivity index (χ0n) is 13.4. The number of hydrogen-bond acceptors (Lipinski definition) is 4. The fraction of sp³-hybridized carbons (Fsp3) is 0.222. The molecule has 5 nitrogen and oxygen atoms in total. The monoisotopic (exact) mass is 343 g/mol. The molecule has 1 aromatic carbocycles. The van der Waals surface area contributed by atoms with E-state index in [-0.39, 0.29) is 5.56 Å². The number of ether oxygens (including phenoxy) is 1. The van der Waals surface area contributed by atoms with Crippen molar-refractivity contribution in [2.24, 2.45) is 0 Å². The minimum Gasteiger partial charge on any atom is -0.492 e. The van der Waals surface area contributed by atoms with Crippen LogP contribution in [0.2, 0.25) is 5.02 Å². The van der Waals surface area contributed by atoms with Gasteiger partial charge in [-0.2, -0.15) is 0 Å². The van der Waals surface area contributed by atoms with Gasteiger partial charge in [0.2, 0.25) is 0 Å². The first-order valence-electron chi connectivity index (χ1n) is 7.66. The molecule has 0 atom stereocenters. The molecule has 3 rings (SSSR count). The van der Waals surface area contributed by atoms with Crippen LogP contribution in [0.25, 0.3) is 5.65 Å². The Bertz CT molecular complexity index is 880. The predicted octanol–water partition coefficient (Wildman–Crippen LogP) is 2.86. The maximum Gasteiger partial charge on any atom is 0.258 e. The third kappa shape index (κ3) is 4.13. The Morgan fingerprint density at radius 3 is 2.79 bits per heavy atom. The summed E-state index contributed by atoms with van der Waals surface area (Å²) in [7, 11) is 1.97. The first kappa shape index (κ1) is 16.5. The Morgan fingerprint density at radius 2 is 2.00 bits per heavy atom. The van der Waals surface area contributed by atoms with Gasteiger partial charge in [-0.05, 0) is 31.3 Å². The lowest BCUT2D eigenvalue weighted by atomic mass is 10.3. The van der Waals surface area contributed by atoms with Gasteiger partial charge in [0.05, 0.1) is 10.7 Å². The van der Waals surface area contributed by atoms with E-state index in [1.807, 2.05) is 37.4 Å². The van der Waals surface area contributed by atoms with Crippen LogP contribution in [0.15, 0.2) is 59.5 Å². The molecule has 6 heteroatoms. The Labute approximate surface area is 145 Å². The molecule has 0 saturated carbocycles. The van der Waals surface area contributed by atoms with Crippen molar-refractivity contribution < 1.29 is 4.74 Å². The second-order valence-electron chi connectivity index (χ2n) is 5.56. The lowest BCUT2D eigenvalue weighted by Crippen LogP contribution is -2.26. The van der Waals surface area contributed by atoms with Gasteiger partial charge in [0.1, 0.15) is 18.0 Å². The maximum atomic E-state index is 12.2. The van der Waals surface area contributed by atoms with Crippen LogP contribution in [0.1, 0.15) is 5.69 Å². The quantitative estimate of drug-likeness (QED) is 0.690. The highest BCUT2D eigenvalue weighted by molar-refractivity contribution is 6.30. The van der Waals surface area contributed by atoms with Gasteiger partial charge in [-0.3, -0.25) is 14.1 Å². The molecule has 0 saturated heterocycles. The van der Waals surface area contributed by atoms with E-state index in [9.17, 15) is 4.79 Å². The van der Waals surface area contributed by atoms with Crippen molar-refractivity contribution in [1.29, 1.82) is 0 Å². The Kier molecular flexibility index (Phi) is 5.13. The van der Waals surface area contributed by atoms with Gasteiger partial charge in [0.25, 0.3) is 5.56 Å². The molecular formula is C18H18ClN3O2. The first-order valence-corrected chi connectivity index (χ1v) is 8.04. The fourth-order valence-electron chi connectivity index (χ4n) is 2.40. The highest BCUT2D eigenvalue weighted by Crippen LogP contribution is 2.10. The van der Waals surface area contributed by atoms with Crippen molar-refractivity contribution in [3.05, 3.63) is 75.8 Å². The summed E-state index contributed by atoms with van der Waals surface area (Å²) in [5.41, 5.74) is 1.19. The largest absolute Gasteiger partial charge is 0.492 e. The molecular weight excluding hydrogens is 326 g/mol. The van der Waals surface area contributed by atoms with Crippen molar-refractivity contribution >= 4 is 17.2 Å². The second-order valence-corrected chi connectivity index (χ2v) is 6.00. The van der Waals surface area contributed by atoms with E-state index in [1.54, 1.807) is 18.3 Å². The van der Waals surface area contributed by atoms with E-state index in [2.05, 4.69) is 9.88 Å². The molecule has 0 aliphatic carbocycles. The summed E-state index contributed by atoms with van der Waals surface area (Å²) in [4.78, 5) is 18.7. The van der Waals surface area contributed by atoms with Crippen molar-refractivity contribution in [1.82, 2.24) is 14.3 Å². The molecule has 0 fully saturated rings. The van der Waals surface area contributed by atoms with Gasteiger partial charge in [0.15, 0.2) is 0 Å². The van der Waals surface area contributed by atoms with Gasteiger partial charge in [0, 0.05) is 25.4 Å². The van der Waals surface area contributed by atoms with E-state index in [4.69, 9.17) is 16.3 Å². The molecule has 0 radical (unpaired) electrons. The third-order valence-corrected chi connectivity index (χ3v) is 3.82. The van der Waals surface area contributed by atoms with E-state index >= 15 is 0 Å². The molecule has 0 spiro atoms. The molecule has 0 bridgehead atoms.